The number of amidine groups is 1. The molecule has 1 heterocycles. The predicted molar refractivity (Wildman–Crippen MR) is 131 cm³/mol. The second-order valence-corrected chi connectivity index (χ2v) is 8.24. The Morgan fingerprint density at radius 1 is 1.03 bits per heavy atom. The Hall–Kier alpha value is -4.18. The summed E-state index contributed by atoms with van der Waals surface area (Å²) in [5.41, 5.74) is 1.64. The lowest BCUT2D eigenvalue weighted by atomic mass is 10.2. The van der Waals surface area contributed by atoms with Crippen molar-refractivity contribution in [2.45, 2.75) is 0 Å². The number of carbonyl (C=O) groups is 2. The number of thioether (sulfide) groups is 1. The van der Waals surface area contributed by atoms with Crippen LogP contribution in [0.25, 0.3) is 6.08 Å². The molecule has 0 unspecified atom stereocenters. The summed E-state index contributed by atoms with van der Waals surface area (Å²) in [5.74, 6) is -0.788. The molecule has 1 fully saturated rings. The van der Waals surface area contributed by atoms with Crippen LogP contribution >= 0.6 is 11.8 Å². The zero-order chi connectivity index (χ0) is 24.8. The van der Waals surface area contributed by atoms with Crippen molar-refractivity contribution in [1.82, 2.24) is 5.32 Å². The number of carbonyl (C=O) groups excluding carboxylic acids is 2. The van der Waals surface area contributed by atoms with Crippen molar-refractivity contribution >= 4 is 46.2 Å². The standard InChI is InChI=1S/C25H19F2N3O4S/c1-33-21-12-15(2-11-20(21)34-14-23(31)28-18-7-3-16(26)4-8-18)13-22-24(32)30-25(35-22)29-19-9-5-17(27)6-10-19/h2-13H,14H2,1H3,(H,28,31)(H,29,30,32)/b22-13-. The Labute approximate surface area is 203 Å². The first-order valence-electron chi connectivity index (χ1n) is 10.3. The summed E-state index contributed by atoms with van der Waals surface area (Å²) in [6.07, 6.45) is 1.67. The molecule has 7 nitrogen and oxygen atoms in total. The molecule has 0 saturated carbocycles. The average Bonchev–Trinajstić information content (AvgIpc) is 3.19. The van der Waals surface area contributed by atoms with E-state index in [1.165, 1.54) is 55.6 Å². The highest BCUT2D eigenvalue weighted by Crippen LogP contribution is 2.32. The van der Waals surface area contributed by atoms with E-state index in [1.54, 1.807) is 24.3 Å². The van der Waals surface area contributed by atoms with Crippen LogP contribution in [0.3, 0.4) is 0 Å². The number of ether oxygens (including phenoxy) is 2. The van der Waals surface area contributed by atoms with E-state index in [9.17, 15) is 18.4 Å². The molecule has 0 bridgehead atoms. The van der Waals surface area contributed by atoms with Crippen molar-refractivity contribution in [3.63, 3.8) is 0 Å². The SMILES string of the molecule is COc1cc(/C=C2\SC(=Nc3ccc(F)cc3)NC2=O)ccc1OCC(=O)Nc1ccc(F)cc1. The van der Waals surface area contributed by atoms with Gasteiger partial charge < -0.3 is 20.1 Å². The number of hydrogen-bond donors (Lipinski definition) is 2. The number of halogens is 2. The number of hydrogen-bond acceptors (Lipinski definition) is 6. The van der Waals surface area contributed by atoms with Crippen molar-refractivity contribution in [3.8, 4) is 11.5 Å². The highest BCUT2D eigenvalue weighted by molar-refractivity contribution is 8.18. The summed E-state index contributed by atoms with van der Waals surface area (Å²) in [6.45, 7) is -0.282. The second-order valence-electron chi connectivity index (χ2n) is 7.21. The first-order valence-corrected chi connectivity index (χ1v) is 11.1. The van der Waals surface area contributed by atoms with Crippen LogP contribution in [-0.4, -0.2) is 30.7 Å². The molecule has 0 spiro atoms. The third-order valence-electron chi connectivity index (χ3n) is 4.68. The van der Waals surface area contributed by atoms with Gasteiger partial charge in [0, 0.05) is 5.69 Å². The van der Waals surface area contributed by atoms with Crippen LogP contribution in [0.1, 0.15) is 5.56 Å². The average molecular weight is 496 g/mol. The van der Waals surface area contributed by atoms with Crippen LogP contribution in [0.15, 0.2) is 76.6 Å². The molecule has 3 aromatic rings. The minimum atomic E-state index is -0.420. The summed E-state index contributed by atoms with van der Waals surface area (Å²) in [7, 11) is 1.46. The quantitative estimate of drug-likeness (QED) is 0.456. The molecule has 0 aliphatic carbocycles. The first-order chi connectivity index (χ1) is 16.9. The molecule has 1 saturated heterocycles. The zero-order valence-corrected chi connectivity index (χ0v) is 19.2. The van der Waals surface area contributed by atoms with Gasteiger partial charge in [0.15, 0.2) is 23.3 Å². The molecule has 1 aliphatic heterocycles. The monoisotopic (exact) mass is 495 g/mol. The van der Waals surface area contributed by atoms with Crippen LogP contribution in [0.4, 0.5) is 20.2 Å². The molecule has 0 aromatic heterocycles. The van der Waals surface area contributed by atoms with E-state index in [4.69, 9.17) is 9.47 Å². The van der Waals surface area contributed by atoms with Crippen molar-refractivity contribution in [1.29, 1.82) is 0 Å². The minimum absolute atomic E-state index is 0.282. The molecule has 2 N–H and O–H groups in total. The van der Waals surface area contributed by atoms with Crippen molar-refractivity contribution < 1.29 is 27.8 Å². The summed E-state index contributed by atoms with van der Waals surface area (Å²) in [4.78, 5) is 29.2. The molecule has 0 atom stereocenters. The number of anilines is 1. The van der Waals surface area contributed by atoms with E-state index in [0.717, 1.165) is 11.8 Å². The predicted octanol–water partition coefficient (Wildman–Crippen LogP) is 4.88. The van der Waals surface area contributed by atoms with Crippen LogP contribution in [0.2, 0.25) is 0 Å². The van der Waals surface area contributed by atoms with Gasteiger partial charge >= 0.3 is 0 Å². The molecule has 3 aromatic carbocycles. The maximum absolute atomic E-state index is 13.1. The minimum Gasteiger partial charge on any atom is -0.493 e. The summed E-state index contributed by atoms with van der Waals surface area (Å²) >= 11 is 1.15. The fraction of sp³-hybridized carbons (Fsp3) is 0.0800. The van der Waals surface area contributed by atoms with Crippen LogP contribution < -0.4 is 20.1 Å². The number of benzene rings is 3. The smallest absolute Gasteiger partial charge is 0.264 e. The second kappa shape index (κ2) is 10.8. The summed E-state index contributed by atoms with van der Waals surface area (Å²) in [5, 5.41) is 5.66. The normalized spacial score (nSPS) is 15.2. The van der Waals surface area contributed by atoms with Gasteiger partial charge in [0.2, 0.25) is 0 Å². The van der Waals surface area contributed by atoms with Gasteiger partial charge in [-0.3, -0.25) is 9.59 Å². The first kappa shape index (κ1) is 24.0. The third kappa shape index (κ3) is 6.45. The Morgan fingerprint density at radius 3 is 2.40 bits per heavy atom. The van der Waals surface area contributed by atoms with E-state index in [1.807, 2.05) is 0 Å². The van der Waals surface area contributed by atoms with Gasteiger partial charge in [-0.05, 0) is 84.1 Å². The van der Waals surface area contributed by atoms with Gasteiger partial charge in [0.05, 0.1) is 17.7 Å². The summed E-state index contributed by atoms with van der Waals surface area (Å²) < 4.78 is 37.0. The highest BCUT2D eigenvalue weighted by Gasteiger charge is 2.24. The molecule has 1 aliphatic rings. The number of nitrogens with zero attached hydrogens (tertiary/aromatic N) is 1. The highest BCUT2D eigenvalue weighted by atomic mass is 32.2. The van der Waals surface area contributed by atoms with Crippen molar-refractivity contribution in [2.24, 2.45) is 4.99 Å². The molecule has 2 amide bonds. The number of aliphatic imine (C=N–C) groups is 1. The van der Waals surface area contributed by atoms with E-state index in [0.29, 0.717) is 38.5 Å². The van der Waals surface area contributed by atoms with Gasteiger partial charge in [-0.1, -0.05) is 6.07 Å². The Balaban J connectivity index is 1.41. The van der Waals surface area contributed by atoms with E-state index in [2.05, 4.69) is 15.6 Å². The summed E-state index contributed by atoms with van der Waals surface area (Å²) in [6, 6.07) is 16.0. The maximum Gasteiger partial charge on any atom is 0.264 e. The molecule has 178 valence electrons. The zero-order valence-electron chi connectivity index (χ0n) is 18.4. The molecule has 10 heteroatoms. The van der Waals surface area contributed by atoms with Gasteiger partial charge in [-0.25, -0.2) is 13.8 Å². The van der Waals surface area contributed by atoms with Gasteiger partial charge in [-0.15, -0.1) is 0 Å². The van der Waals surface area contributed by atoms with Gasteiger partial charge in [-0.2, -0.15) is 0 Å². The van der Waals surface area contributed by atoms with Crippen molar-refractivity contribution in [2.75, 3.05) is 19.0 Å². The van der Waals surface area contributed by atoms with Gasteiger partial charge in [0.1, 0.15) is 11.6 Å². The van der Waals surface area contributed by atoms with Crippen LogP contribution in [-0.2, 0) is 9.59 Å². The van der Waals surface area contributed by atoms with E-state index >= 15 is 0 Å². The Kier molecular flexibility index (Phi) is 7.41. The lowest BCUT2D eigenvalue weighted by Crippen LogP contribution is -2.20. The lowest BCUT2D eigenvalue weighted by Gasteiger charge is -2.11. The fourth-order valence-electron chi connectivity index (χ4n) is 3.03. The van der Waals surface area contributed by atoms with Gasteiger partial charge in [0.25, 0.3) is 11.8 Å². The number of methoxy groups -OCH3 is 1. The Morgan fingerprint density at radius 2 is 1.71 bits per heavy atom. The third-order valence-corrected chi connectivity index (χ3v) is 5.59. The molecular weight excluding hydrogens is 476 g/mol. The van der Waals surface area contributed by atoms with Crippen LogP contribution in [0.5, 0.6) is 11.5 Å². The lowest BCUT2D eigenvalue weighted by molar-refractivity contribution is -0.118. The molecule has 4 rings (SSSR count). The fourth-order valence-corrected chi connectivity index (χ4v) is 3.87. The number of nitrogens with one attached hydrogen (secondary N) is 2. The maximum atomic E-state index is 13.1. The largest absolute Gasteiger partial charge is 0.493 e. The molecule has 35 heavy (non-hydrogen) atoms. The molecule has 0 radical (unpaired) electrons. The van der Waals surface area contributed by atoms with Crippen molar-refractivity contribution in [3.05, 3.63) is 88.8 Å². The topological polar surface area (TPSA) is 89.0 Å². The van der Waals surface area contributed by atoms with E-state index < -0.39 is 11.7 Å². The number of amides is 2. The Bertz CT molecular complexity index is 1310. The van der Waals surface area contributed by atoms with Crippen LogP contribution in [0, 0.1) is 11.6 Å². The van der Waals surface area contributed by atoms with E-state index in [-0.39, 0.29) is 18.3 Å². The molecular formula is C25H19F2N3O4S. The number of rotatable bonds is 7.